The Kier molecular flexibility index (Phi) is 2.31. The van der Waals surface area contributed by atoms with Crippen LogP contribution in [0.3, 0.4) is 0 Å². The molecule has 3 rings (SSSR count). The SMILES string of the molecule is CCC(=O)OC1(C)CC2CC1C1CCCC21. The Hall–Kier alpha value is -0.530. The molecule has 0 aromatic rings. The predicted molar refractivity (Wildman–Crippen MR) is 61.8 cm³/mol. The minimum Gasteiger partial charge on any atom is -0.459 e. The summed E-state index contributed by atoms with van der Waals surface area (Å²) in [5, 5.41) is 0. The highest BCUT2D eigenvalue weighted by Gasteiger charge is 2.60. The van der Waals surface area contributed by atoms with Crippen LogP contribution in [0.2, 0.25) is 0 Å². The van der Waals surface area contributed by atoms with E-state index in [-0.39, 0.29) is 11.6 Å². The van der Waals surface area contributed by atoms with Gasteiger partial charge in [0.15, 0.2) is 0 Å². The first kappa shape index (κ1) is 10.6. The van der Waals surface area contributed by atoms with Crippen molar-refractivity contribution >= 4 is 5.97 Å². The molecule has 3 aliphatic carbocycles. The second-order valence-corrected chi connectivity index (χ2v) is 6.21. The van der Waals surface area contributed by atoms with Crippen molar-refractivity contribution in [1.29, 1.82) is 0 Å². The summed E-state index contributed by atoms with van der Waals surface area (Å²) < 4.78 is 5.75. The summed E-state index contributed by atoms with van der Waals surface area (Å²) in [4.78, 5) is 11.5. The van der Waals surface area contributed by atoms with E-state index in [4.69, 9.17) is 4.74 Å². The molecule has 0 spiro atoms. The molecule has 0 saturated heterocycles. The molecule has 90 valence electrons. The third-order valence-corrected chi connectivity index (χ3v) is 5.39. The first-order valence-electron chi connectivity index (χ1n) is 6.86. The van der Waals surface area contributed by atoms with Gasteiger partial charge in [-0.2, -0.15) is 0 Å². The van der Waals surface area contributed by atoms with E-state index in [0.717, 1.165) is 24.2 Å². The molecule has 2 heteroatoms. The molecule has 16 heavy (non-hydrogen) atoms. The number of esters is 1. The first-order chi connectivity index (χ1) is 7.64. The van der Waals surface area contributed by atoms with Gasteiger partial charge in [0.25, 0.3) is 0 Å². The molecule has 3 saturated carbocycles. The van der Waals surface area contributed by atoms with E-state index in [2.05, 4.69) is 6.92 Å². The van der Waals surface area contributed by atoms with Gasteiger partial charge in [0.1, 0.15) is 5.60 Å². The van der Waals surface area contributed by atoms with E-state index in [1.165, 1.54) is 25.7 Å². The van der Waals surface area contributed by atoms with Crippen molar-refractivity contribution in [3.8, 4) is 0 Å². The number of ether oxygens (including phenoxy) is 1. The third-order valence-electron chi connectivity index (χ3n) is 5.39. The highest BCUT2D eigenvalue weighted by Crippen LogP contribution is 2.63. The van der Waals surface area contributed by atoms with Crippen LogP contribution < -0.4 is 0 Å². The Morgan fingerprint density at radius 1 is 1.38 bits per heavy atom. The van der Waals surface area contributed by atoms with E-state index in [1.54, 1.807) is 0 Å². The van der Waals surface area contributed by atoms with E-state index in [0.29, 0.717) is 12.3 Å². The minimum atomic E-state index is -0.122. The van der Waals surface area contributed by atoms with E-state index < -0.39 is 0 Å². The molecule has 0 radical (unpaired) electrons. The second kappa shape index (κ2) is 3.48. The standard InChI is InChI=1S/C14H22O2/c1-3-13(15)16-14(2)8-9-7-12(14)11-6-4-5-10(9)11/h9-12H,3-8H2,1-2H3. The van der Waals surface area contributed by atoms with Crippen LogP contribution in [0.25, 0.3) is 0 Å². The average Bonchev–Trinajstić information content (AvgIpc) is 2.86. The minimum absolute atomic E-state index is 0.00963. The largest absolute Gasteiger partial charge is 0.459 e. The lowest BCUT2D eigenvalue weighted by molar-refractivity contribution is -0.166. The molecule has 5 atom stereocenters. The Bertz CT molecular complexity index is 312. The van der Waals surface area contributed by atoms with Crippen molar-refractivity contribution in [3.05, 3.63) is 0 Å². The van der Waals surface area contributed by atoms with Gasteiger partial charge in [0, 0.05) is 12.3 Å². The first-order valence-corrected chi connectivity index (χ1v) is 6.86. The highest BCUT2D eigenvalue weighted by molar-refractivity contribution is 5.69. The zero-order valence-electron chi connectivity index (χ0n) is 10.4. The maximum absolute atomic E-state index is 11.5. The van der Waals surface area contributed by atoms with Gasteiger partial charge < -0.3 is 4.74 Å². The molecular weight excluding hydrogens is 200 g/mol. The summed E-state index contributed by atoms with van der Waals surface area (Å²) >= 11 is 0. The summed E-state index contributed by atoms with van der Waals surface area (Å²) in [5.41, 5.74) is -0.122. The predicted octanol–water partition coefficient (Wildman–Crippen LogP) is 3.15. The van der Waals surface area contributed by atoms with Crippen molar-refractivity contribution in [3.63, 3.8) is 0 Å². The molecule has 0 aromatic heterocycles. The van der Waals surface area contributed by atoms with E-state index in [1.807, 2.05) is 6.92 Å². The number of carbonyl (C=O) groups excluding carboxylic acids is 1. The zero-order valence-corrected chi connectivity index (χ0v) is 10.4. The molecule has 3 aliphatic rings. The Balaban J connectivity index is 1.77. The van der Waals surface area contributed by atoms with Crippen molar-refractivity contribution in [2.45, 2.75) is 58.0 Å². The third kappa shape index (κ3) is 1.34. The molecule has 0 heterocycles. The number of carbonyl (C=O) groups is 1. The number of fused-ring (bicyclic) bond motifs is 5. The van der Waals surface area contributed by atoms with Crippen molar-refractivity contribution in [2.75, 3.05) is 0 Å². The Morgan fingerprint density at radius 3 is 2.88 bits per heavy atom. The molecule has 0 amide bonds. The smallest absolute Gasteiger partial charge is 0.306 e. The highest BCUT2D eigenvalue weighted by atomic mass is 16.6. The van der Waals surface area contributed by atoms with Crippen LogP contribution in [-0.2, 0) is 9.53 Å². The van der Waals surface area contributed by atoms with Crippen LogP contribution in [0.4, 0.5) is 0 Å². The van der Waals surface area contributed by atoms with E-state index >= 15 is 0 Å². The second-order valence-electron chi connectivity index (χ2n) is 6.21. The molecule has 0 aromatic carbocycles. The fraction of sp³-hybridized carbons (Fsp3) is 0.929. The molecule has 0 aliphatic heterocycles. The molecule has 2 nitrogen and oxygen atoms in total. The fourth-order valence-corrected chi connectivity index (χ4v) is 4.84. The topological polar surface area (TPSA) is 26.3 Å². The molecule has 5 unspecified atom stereocenters. The van der Waals surface area contributed by atoms with Gasteiger partial charge in [0.2, 0.25) is 0 Å². The number of hydrogen-bond donors (Lipinski definition) is 0. The molecular formula is C14H22O2. The lowest BCUT2D eigenvalue weighted by Gasteiger charge is -2.39. The molecule has 0 N–H and O–H groups in total. The van der Waals surface area contributed by atoms with Gasteiger partial charge in [-0.25, -0.2) is 0 Å². The van der Waals surface area contributed by atoms with Crippen molar-refractivity contribution in [1.82, 2.24) is 0 Å². The molecule has 2 bridgehead atoms. The van der Waals surface area contributed by atoms with Crippen LogP contribution >= 0.6 is 0 Å². The lowest BCUT2D eigenvalue weighted by Crippen LogP contribution is -2.42. The van der Waals surface area contributed by atoms with Crippen LogP contribution in [0.15, 0.2) is 0 Å². The van der Waals surface area contributed by atoms with Gasteiger partial charge in [-0.05, 0) is 50.4 Å². The maximum atomic E-state index is 11.5. The van der Waals surface area contributed by atoms with Crippen molar-refractivity contribution in [2.24, 2.45) is 23.7 Å². The number of hydrogen-bond acceptors (Lipinski definition) is 2. The summed E-state index contributed by atoms with van der Waals surface area (Å²) in [6.07, 6.45) is 7.18. The Labute approximate surface area is 97.7 Å². The normalized spacial score (nSPS) is 49.4. The lowest BCUT2D eigenvalue weighted by atomic mass is 9.73. The van der Waals surface area contributed by atoms with E-state index in [9.17, 15) is 4.79 Å². The van der Waals surface area contributed by atoms with Crippen LogP contribution in [-0.4, -0.2) is 11.6 Å². The maximum Gasteiger partial charge on any atom is 0.306 e. The average molecular weight is 222 g/mol. The zero-order chi connectivity index (χ0) is 11.3. The summed E-state index contributed by atoms with van der Waals surface area (Å²) in [5.74, 6) is 3.35. The van der Waals surface area contributed by atoms with Gasteiger partial charge in [-0.15, -0.1) is 0 Å². The molecule has 3 fully saturated rings. The van der Waals surface area contributed by atoms with Gasteiger partial charge in [-0.3, -0.25) is 4.79 Å². The summed E-state index contributed by atoms with van der Waals surface area (Å²) in [6, 6.07) is 0. The fourth-order valence-electron chi connectivity index (χ4n) is 4.84. The van der Waals surface area contributed by atoms with Gasteiger partial charge in [-0.1, -0.05) is 13.3 Å². The van der Waals surface area contributed by atoms with Crippen molar-refractivity contribution < 1.29 is 9.53 Å². The Morgan fingerprint density at radius 2 is 2.12 bits per heavy atom. The summed E-state index contributed by atoms with van der Waals surface area (Å²) in [7, 11) is 0. The quantitative estimate of drug-likeness (QED) is 0.671. The van der Waals surface area contributed by atoms with Crippen LogP contribution in [0.5, 0.6) is 0 Å². The summed E-state index contributed by atoms with van der Waals surface area (Å²) in [6.45, 7) is 4.07. The van der Waals surface area contributed by atoms with Crippen LogP contribution in [0, 0.1) is 23.7 Å². The number of rotatable bonds is 2. The van der Waals surface area contributed by atoms with Gasteiger partial charge >= 0.3 is 5.97 Å². The van der Waals surface area contributed by atoms with Crippen LogP contribution in [0.1, 0.15) is 52.4 Å². The van der Waals surface area contributed by atoms with Gasteiger partial charge in [0.05, 0.1) is 0 Å². The monoisotopic (exact) mass is 222 g/mol.